The summed E-state index contributed by atoms with van der Waals surface area (Å²) in [5, 5.41) is 13.1. The van der Waals surface area contributed by atoms with Gasteiger partial charge in [0, 0.05) is 33.1 Å². The first-order valence-corrected chi connectivity index (χ1v) is 10.4. The lowest BCUT2D eigenvalue weighted by atomic mass is 10.2. The fourth-order valence-electron chi connectivity index (χ4n) is 2.75. The minimum absolute atomic E-state index is 0.0816. The molecule has 0 radical (unpaired) electrons. The van der Waals surface area contributed by atoms with Crippen molar-refractivity contribution in [2.75, 3.05) is 5.75 Å². The number of carbonyl (C=O) groups is 2. The lowest BCUT2D eigenvalue weighted by Crippen LogP contribution is -2.43. The van der Waals surface area contributed by atoms with Crippen LogP contribution in [0.25, 0.3) is 10.9 Å². The van der Waals surface area contributed by atoms with Crippen molar-refractivity contribution in [2.24, 2.45) is 0 Å². The topological polar surface area (TPSA) is 71.3 Å². The van der Waals surface area contributed by atoms with Crippen LogP contribution in [0.5, 0.6) is 0 Å². The van der Waals surface area contributed by atoms with E-state index in [2.05, 4.69) is 21.2 Å². The summed E-state index contributed by atoms with van der Waals surface area (Å²) in [5.74, 6) is -0.319. The molecule has 3 rings (SSSR count). The zero-order valence-electron chi connectivity index (χ0n) is 14.5. The summed E-state index contributed by atoms with van der Waals surface area (Å²) in [6.45, 7) is 0.0816. The average Bonchev–Trinajstić information content (AvgIpc) is 3.03. The van der Waals surface area contributed by atoms with Crippen molar-refractivity contribution in [3.63, 3.8) is 0 Å². The Labute approximate surface area is 169 Å². The van der Waals surface area contributed by atoms with Gasteiger partial charge in [-0.3, -0.25) is 4.79 Å². The third kappa shape index (κ3) is 5.37. The van der Waals surface area contributed by atoms with Crippen molar-refractivity contribution in [3.8, 4) is 0 Å². The number of hydrogen-bond acceptors (Lipinski definition) is 3. The summed E-state index contributed by atoms with van der Waals surface area (Å²) in [6, 6.07) is 16.7. The van der Waals surface area contributed by atoms with Gasteiger partial charge in [0.15, 0.2) is 0 Å². The number of carbonyl (C=O) groups excluding carboxylic acids is 1. The van der Waals surface area contributed by atoms with E-state index in [9.17, 15) is 14.7 Å². The largest absolute Gasteiger partial charge is 0.480 e. The van der Waals surface area contributed by atoms with Gasteiger partial charge in [0.25, 0.3) is 0 Å². The SMILES string of the molecule is O=C(Cn1ccc2cc(Br)ccc21)NC(CSCc1ccccc1)C(=O)O. The highest BCUT2D eigenvalue weighted by Crippen LogP contribution is 2.21. The van der Waals surface area contributed by atoms with Crippen molar-refractivity contribution >= 4 is 50.5 Å². The quantitative estimate of drug-likeness (QED) is 0.550. The number of carboxylic acids is 1. The monoisotopic (exact) mass is 446 g/mol. The molecule has 1 heterocycles. The number of aromatic nitrogens is 1. The number of aliphatic carboxylic acids is 1. The van der Waals surface area contributed by atoms with Gasteiger partial charge in [-0.15, -0.1) is 0 Å². The molecule has 1 atom stereocenters. The highest BCUT2D eigenvalue weighted by atomic mass is 79.9. The molecule has 2 aromatic carbocycles. The standard InChI is InChI=1S/C20H19BrN2O3S/c21-16-6-7-18-15(10-16)8-9-23(18)11-19(24)22-17(20(25)26)13-27-12-14-4-2-1-3-5-14/h1-10,17H,11-13H2,(H,22,24)(H,25,26). The maximum absolute atomic E-state index is 12.4. The predicted octanol–water partition coefficient (Wildman–Crippen LogP) is 3.91. The number of carboxylic acid groups (broad SMARTS) is 1. The molecular weight excluding hydrogens is 428 g/mol. The zero-order chi connectivity index (χ0) is 19.2. The number of thioether (sulfide) groups is 1. The minimum Gasteiger partial charge on any atom is -0.480 e. The van der Waals surface area contributed by atoms with Crippen LogP contribution < -0.4 is 5.32 Å². The maximum Gasteiger partial charge on any atom is 0.327 e. The minimum atomic E-state index is -1.02. The van der Waals surface area contributed by atoms with E-state index in [0.29, 0.717) is 11.5 Å². The van der Waals surface area contributed by atoms with Crippen molar-refractivity contribution < 1.29 is 14.7 Å². The molecule has 0 spiro atoms. The number of amides is 1. The molecule has 2 N–H and O–H groups in total. The summed E-state index contributed by atoms with van der Waals surface area (Å²) in [7, 11) is 0. The Bertz CT molecular complexity index is 943. The summed E-state index contributed by atoms with van der Waals surface area (Å²) >= 11 is 4.92. The Morgan fingerprint density at radius 1 is 1.15 bits per heavy atom. The number of rotatable bonds is 8. The molecule has 0 bridgehead atoms. The zero-order valence-corrected chi connectivity index (χ0v) is 16.9. The smallest absolute Gasteiger partial charge is 0.327 e. The molecule has 5 nitrogen and oxygen atoms in total. The van der Waals surface area contributed by atoms with Gasteiger partial charge < -0.3 is 15.0 Å². The Morgan fingerprint density at radius 3 is 2.67 bits per heavy atom. The Hall–Kier alpha value is -2.25. The Balaban J connectivity index is 1.57. The van der Waals surface area contributed by atoms with Crippen LogP contribution in [-0.2, 0) is 21.9 Å². The molecule has 3 aromatic rings. The van der Waals surface area contributed by atoms with Gasteiger partial charge in [-0.05, 0) is 29.8 Å². The predicted molar refractivity (Wildman–Crippen MR) is 112 cm³/mol. The van der Waals surface area contributed by atoms with E-state index in [4.69, 9.17) is 0 Å². The molecule has 1 unspecified atom stereocenters. The maximum atomic E-state index is 12.4. The first-order valence-electron chi connectivity index (χ1n) is 8.41. The molecule has 27 heavy (non-hydrogen) atoms. The molecular formula is C20H19BrN2O3S. The Kier molecular flexibility index (Phi) is 6.58. The second-order valence-corrected chi connectivity index (χ2v) is 8.05. The molecule has 0 aliphatic heterocycles. The van der Waals surface area contributed by atoms with Crippen LogP contribution >= 0.6 is 27.7 Å². The van der Waals surface area contributed by atoms with Gasteiger partial charge in [-0.2, -0.15) is 11.8 Å². The van der Waals surface area contributed by atoms with Crippen LogP contribution in [0.3, 0.4) is 0 Å². The second kappa shape index (κ2) is 9.10. The number of fused-ring (bicyclic) bond motifs is 1. The van der Waals surface area contributed by atoms with Gasteiger partial charge in [0.1, 0.15) is 12.6 Å². The van der Waals surface area contributed by atoms with Gasteiger partial charge in [0.05, 0.1) is 0 Å². The summed E-state index contributed by atoms with van der Waals surface area (Å²) < 4.78 is 2.78. The first kappa shape index (κ1) is 19.5. The molecule has 7 heteroatoms. The van der Waals surface area contributed by atoms with Gasteiger partial charge in [0.2, 0.25) is 5.91 Å². The van der Waals surface area contributed by atoms with Crippen LogP contribution in [0.4, 0.5) is 0 Å². The lowest BCUT2D eigenvalue weighted by molar-refractivity contribution is -0.141. The fourth-order valence-corrected chi connectivity index (χ4v) is 4.13. The summed E-state index contributed by atoms with van der Waals surface area (Å²) in [6.07, 6.45) is 1.83. The Morgan fingerprint density at radius 2 is 1.93 bits per heavy atom. The summed E-state index contributed by atoms with van der Waals surface area (Å²) in [4.78, 5) is 23.8. The number of hydrogen-bond donors (Lipinski definition) is 2. The van der Waals surface area contributed by atoms with Crippen LogP contribution in [-0.4, -0.2) is 33.3 Å². The molecule has 140 valence electrons. The van der Waals surface area contributed by atoms with Crippen molar-refractivity contribution in [1.82, 2.24) is 9.88 Å². The normalized spacial score (nSPS) is 12.0. The van der Waals surface area contributed by atoms with Gasteiger partial charge >= 0.3 is 5.97 Å². The van der Waals surface area contributed by atoms with Gasteiger partial charge in [-0.25, -0.2) is 4.79 Å². The molecule has 0 aliphatic rings. The molecule has 0 saturated heterocycles. The van der Waals surface area contributed by atoms with Crippen LogP contribution in [0.15, 0.2) is 65.3 Å². The van der Waals surface area contributed by atoms with Crippen molar-refractivity contribution in [2.45, 2.75) is 18.3 Å². The van der Waals surface area contributed by atoms with Crippen molar-refractivity contribution in [1.29, 1.82) is 0 Å². The average molecular weight is 447 g/mol. The van der Waals surface area contributed by atoms with Crippen LogP contribution in [0.2, 0.25) is 0 Å². The molecule has 0 fully saturated rings. The van der Waals surface area contributed by atoms with E-state index in [0.717, 1.165) is 20.9 Å². The lowest BCUT2D eigenvalue weighted by Gasteiger charge is -2.15. The van der Waals surface area contributed by atoms with E-state index in [1.54, 1.807) is 0 Å². The van der Waals surface area contributed by atoms with Gasteiger partial charge in [-0.1, -0.05) is 46.3 Å². The highest BCUT2D eigenvalue weighted by Gasteiger charge is 2.20. The first-order chi connectivity index (χ1) is 13.0. The number of nitrogens with zero attached hydrogens (tertiary/aromatic N) is 1. The summed E-state index contributed by atoms with van der Waals surface area (Å²) in [5.41, 5.74) is 2.06. The van der Waals surface area contributed by atoms with Crippen LogP contribution in [0.1, 0.15) is 5.56 Å². The molecule has 1 amide bonds. The molecule has 0 saturated carbocycles. The van der Waals surface area contributed by atoms with E-state index in [1.807, 2.05) is 65.4 Å². The third-order valence-electron chi connectivity index (χ3n) is 4.08. The number of nitrogens with one attached hydrogen (secondary N) is 1. The third-order valence-corrected chi connectivity index (χ3v) is 5.68. The van der Waals surface area contributed by atoms with E-state index < -0.39 is 12.0 Å². The highest BCUT2D eigenvalue weighted by molar-refractivity contribution is 9.10. The van der Waals surface area contributed by atoms with E-state index in [-0.39, 0.29) is 12.5 Å². The van der Waals surface area contributed by atoms with Crippen molar-refractivity contribution in [3.05, 3.63) is 70.8 Å². The van der Waals surface area contributed by atoms with E-state index >= 15 is 0 Å². The fraction of sp³-hybridized carbons (Fsp3) is 0.200. The molecule has 1 aromatic heterocycles. The number of benzene rings is 2. The van der Waals surface area contributed by atoms with E-state index in [1.165, 1.54) is 11.8 Å². The van der Waals surface area contributed by atoms with Crippen LogP contribution in [0, 0.1) is 0 Å². The number of halogens is 1. The molecule has 0 aliphatic carbocycles. The second-order valence-electron chi connectivity index (χ2n) is 6.11.